The molecule has 7 rings (SSSR count). The number of benzene rings is 2. The van der Waals surface area contributed by atoms with Gasteiger partial charge in [-0.25, -0.2) is 4.98 Å². The maximum absolute atomic E-state index is 15.4. The zero-order valence-corrected chi connectivity index (χ0v) is 59.4. The number of nitrogens with two attached hydrogens (primary N) is 4. The predicted octanol–water partition coefficient (Wildman–Crippen LogP) is -2.49. The molecular formula is C68H94N18O16S2. The van der Waals surface area contributed by atoms with Gasteiger partial charge >= 0.3 is 11.9 Å². The number of carbonyl (C=O) groups is 14. The number of carbonyl (C=O) groups excluding carboxylic acids is 12. The van der Waals surface area contributed by atoms with E-state index >= 15 is 19.2 Å². The first-order chi connectivity index (χ1) is 49.8. The number of fused-ring (bicyclic) bond motifs is 1. The number of nitrogens with one attached hydrogen (secondary N) is 10. The fourth-order valence-corrected chi connectivity index (χ4v) is 15.1. The van der Waals surface area contributed by atoms with Crippen molar-refractivity contribution in [1.29, 1.82) is 0 Å². The van der Waals surface area contributed by atoms with E-state index in [0.29, 0.717) is 72.9 Å². The molecule has 2 aromatic carbocycles. The van der Waals surface area contributed by atoms with Gasteiger partial charge in [0.25, 0.3) is 0 Å². The van der Waals surface area contributed by atoms with Gasteiger partial charge in [-0.05, 0) is 95.0 Å². The minimum absolute atomic E-state index is 0.0168. The van der Waals surface area contributed by atoms with Crippen LogP contribution in [0.25, 0.3) is 10.9 Å². The summed E-state index contributed by atoms with van der Waals surface area (Å²) in [5.74, 6) is -14.2. The van der Waals surface area contributed by atoms with Crippen LogP contribution in [0.5, 0.6) is 0 Å². The number of carboxylic acid groups (broad SMARTS) is 2. The summed E-state index contributed by atoms with van der Waals surface area (Å²) < 4.78 is 0. The number of aliphatic imine (C=N–C) groups is 1. The van der Waals surface area contributed by atoms with E-state index in [-0.39, 0.29) is 94.4 Å². The average Bonchev–Trinajstić information content (AvgIpc) is 1.33. The number of aliphatic carboxylic acids is 2. The van der Waals surface area contributed by atoms with E-state index in [1.807, 2.05) is 0 Å². The van der Waals surface area contributed by atoms with Crippen LogP contribution in [0, 0.1) is 5.92 Å². The van der Waals surface area contributed by atoms with Gasteiger partial charge in [0.2, 0.25) is 47.3 Å². The Labute approximate surface area is 607 Å². The fourth-order valence-electron chi connectivity index (χ4n) is 12.6. The number of primary amides is 1. The van der Waals surface area contributed by atoms with Crippen LogP contribution < -0.4 is 65.5 Å². The fraction of sp³-hybridized carbons (Fsp3) is 0.529. The second kappa shape index (κ2) is 41.0. The zero-order valence-electron chi connectivity index (χ0n) is 57.8. The number of rotatable bonds is 33. The molecule has 3 aliphatic heterocycles. The van der Waals surface area contributed by atoms with Crippen molar-refractivity contribution in [3.63, 3.8) is 0 Å². The Bertz CT molecular complexity index is 3710. The van der Waals surface area contributed by atoms with Crippen LogP contribution in [0.4, 0.5) is 0 Å². The van der Waals surface area contributed by atoms with E-state index in [9.17, 15) is 58.2 Å². The van der Waals surface area contributed by atoms with Gasteiger partial charge in [-0.15, -0.1) is 0 Å². The maximum Gasteiger partial charge on any atom is 0.305 e. The Morgan fingerprint density at radius 1 is 0.654 bits per heavy atom. The SMILES string of the molecule is CC(=O)[C@@H]1CSSC[C@@H](C(=O)N2CCC[C@H]2C(=O)CN2CCC[C@H]2C(=O)CN[C@@H](CCCCN)C(=O)CN[C@@H](CC(=O)O)C(N)=O)NC(=O)[C@@H](Cc2c[nH]c3ccccc23)NC(=O)[C@H](CCCN=C(N)N)NC(=O)[C@H](Cc2ccccc2)NC(=O)[C@H](Cc2cnc[nH]2)NC(=O)[C@@H](CCC(=O)O)NC1=O. The summed E-state index contributed by atoms with van der Waals surface area (Å²) in [5, 5.41) is 41.7. The summed E-state index contributed by atoms with van der Waals surface area (Å²) in [7, 11) is 1.92. The van der Waals surface area contributed by atoms with Crippen LogP contribution in [0.15, 0.2) is 78.3 Å². The third-order valence-electron chi connectivity index (χ3n) is 18.2. The number of para-hydroxylation sites is 1. The number of H-pyrrole nitrogens is 2. The van der Waals surface area contributed by atoms with Crippen molar-refractivity contribution in [3.8, 4) is 0 Å². The number of guanidine groups is 1. The summed E-state index contributed by atoms with van der Waals surface area (Å²) >= 11 is 0. The first kappa shape index (κ1) is 81.7. The number of unbranched alkanes of at least 4 members (excludes halogenated alkanes) is 1. The van der Waals surface area contributed by atoms with Gasteiger partial charge in [0.1, 0.15) is 48.0 Å². The Morgan fingerprint density at radius 3 is 1.93 bits per heavy atom. The second-order valence-corrected chi connectivity index (χ2v) is 28.4. The largest absolute Gasteiger partial charge is 0.481 e. The number of nitrogens with zero attached hydrogens (tertiary/aromatic N) is 4. The van der Waals surface area contributed by atoms with Crippen LogP contribution in [0.3, 0.4) is 0 Å². The Balaban J connectivity index is 1.21. The Morgan fingerprint density at radius 2 is 1.27 bits per heavy atom. The lowest BCUT2D eigenvalue weighted by atomic mass is 10.0. The summed E-state index contributed by atoms with van der Waals surface area (Å²) in [6, 6.07) is 2.39. The van der Waals surface area contributed by atoms with Crippen LogP contribution in [-0.2, 0) is 86.4 Å². The first-order valence-electron chi connectivity index (χ1n) is 34.5. The highest BCUT2D eigenvalue weighted by molar-refractivity contribution is 8.76. The van der Waals surface area contributed by atoms with Gasteiger partial charge < -0.3 is 85.2 Å². The number of carboxylic acids is 2. The molecule has 3 fully saturated rings. The first-order valence-corrected chi connectivity index (χ1v) is 37.0. The molecule has 0 unspecified atom stereocenters. The molecule has 3 saturated heterocycles. The minimum Gasteiger partial charge on any atom is -0.481 e. The van der Waals surface area contributed by atoms with E-state index < -0.39 is 169 Å². The normalized spacial score (nSPS) is 22.7. The van der Waals surface area contributed by atoms with Gasteiger partial charge in [0.05, 0.1) is 56.5 Å². The number of hydrogen-bond donors (Lipinski definition) is 16. The zero-order chi connectivity index (χ0) is 75.4. The summed E-state index contributed by atoms with van der Waals surface area (Å²) in [6.07, 6.45) is 4.54. The monoisotopic (exact) mass is 1480 g/mol. The van der Waals surface area contributed by atoms with Crippen molar-refractivity contribution in [3.05, 3.63) is 90.1 Å². The summed E-state index contributed by atoms with van der Waals surface area (Å²) in [5.41, 5.74) is 24.6. The quantitative estimate of drug-likeness (QED) is 0.00772. The molecule has 4 aromatic rings. The molecule has 0 saturated carbocycles. The van der Waals surface area contributed by atoms with E-state index in [0.717, 1.165) is 28.5 Å². The number of amides is 8. The molecule has 0 aliphatic carbocycles. The molecule has 36 heteroatoms. The van der Waals surface area contributed by atoms with Gasteiger partial charge in [0.15, 0.2) is 23.3 Å². The standard InChI is InChI=1S/C68H94N18O16S2/c1-38(87)43-35-103-104-36-52(67(102)86-25-11-19-54(86)57(90)34-85-24-10-18-53(85)56(89)33-76-45(16-7-8-22-69)55(88)32-77-48(60(70)95)29-59(93)94)84-65(100)50(27-40-30-75-44-15-6-5-14-42(40)44)82-62(97)46(17-9-23-74-68(71)72)80-64(99)49(26-39-12-3-2-4-13-39)81-66(101)51(28-41-31-73-37-78-41)83-63(98)47(79-61(43)96)20-21-58(91)92/h2-6,12-15,30-31,37,43,45-54,75-77H,7-11,16-29,32-36,69H2,1H3,(H2,70,95)(H,73,78)(H,79,96)(H,80,99)(H,81,101)(H,82,97)(H,83,98)(H,84,100)(H,91,92)(H,93,94)(H4,71,72,74)/t43-,45-,46-,47+,48-,49-,50+,51-,52-,53-,54-/m0/s1. The third kappa shape index (κ3) is 25.1. The van der Waals surface area contributed by atoms with Crippen molar-refractivity contribution in [2.24, 2.45) is 33.8 Å². The molecule has 2 aromatic heterocycles. The van der Waals surface area contributed by atoms with Crippen molar-refractivity contribution in [1.82, 2.24) is 67.3 Å². The number of hydrogen-bond acceptors (Lipinski definition) is 22. The van der Waals surface area contributed by atoms with Crippen LogP contribution in [0.2, 0.25) is 0 Å². The highest BCUT2D eigenvalue weighted by Gasteiger charge is 2.42. The lowest BCUT2D eigenvalue weighted by Gasteiger charge is -2.31. The summed E-state index contributed by atoms with van der Waals surface area (Å²) in [6.45, 7) is 0.828. The molecule has 0 spiro atoms. The highest BCUT2D eigenvalue weighted by Crippen LogP contribution is 2.29. The van der Waals surface area contributed by atoms with E-state index in [1.54, 1.807) is 65.7 Å². The van der Waals surface area contributed by atoms with E-state index in [4.69, 9.17) is 22.9 Å². The molecule has 0 radical (unpaired) electrons. The Hall–Kier alpha value is -9.62. The maximum atomic E-state index is 15.4. The lowest BCUT2D eigenvalue weighted by molar-refractivity contribution is -0.141. The number of imidazole rings is 1. The van der Waals surface area contributed by atoms with Crippen molar-refractivity contribution in [2.45, 2.75) is 164 Å². The molecule has 20 N–H and O–H groups in total. The lowest BCUT2D eigenvalue weighted by Crippen LogP contribution is -2.61. The van der Waals surface area contributed by atoms with Crippen molar-refractivity contribution < 1.29 is 77.3 Å². The molecule has 8 amide bonds. The smallest absolute Gasteiger partial charge is 0.305 e. The third-order valence-corrected chi connectivity index (χ3v) is 20.6. The molecule has 104 heavy (non-hydrogen) atoms. The van der Waals surface area contributed by atoms with Gasteiger partial charge in [-0.1, -0.05) is 76.5 Å². The topological polar surface area (TPSA) is 543 Å². The van der Waals surface area contributed by atoms with E-state index in [2.05, 4.69) is 62.5 Å². The van der Waals surface area contributed by atoms with Crippen LogP contribution in [-0.4, -0.2) is 241 Å². The second-order valence-electron chi connectivity index (χ2n) is 25.9. The van der Waals surface area contributed by atoms with E-state index in [1.165, 1.54) is 17.4 Å². The number of Topliss-reactive ketones (excluding diaryl/α,β-unsaturated/α-hetero) is 4. The highest BCUT2D eigenvalue weighted by atomic mass is 33.1. The van der Waals surface area contributed by atoms with Gasteiger partial charge in [-0.2, -0.15) is 0 Å². The van der Waals surface area contributed by atoms with Gasteiger partial charge in [-0.3, -0.25) is 82.3 Å². The number of likely N-dealkylation sites (tertiary alicyclic amines) is 2. The molecule has 34 nitrogen and oxygen atoms in total. The van der Waals surface area contributed by atoms with Crippen molar-refractivity contribution in [2.75, 3.05) is 57.3 Å². The molecule has 5 heterocycles. The molecule has 0 bridgehead atoms. The molecule has 3 aliphatic rings. The van der Waals surface area contributed by atoms with Crippen LogP contribution >= 0.6 is 21.6 Å². The van der Waals surface area contributed by atoms with Gasteiger partial charge in [0, 0.05) is 79.3 Å². The number of ketones is 4. The number of aromatic nitrogens is 3. The Kier molecular flexibility index (Phi) is 32.2. The summed E-state index contributed by atoms with van der Waals surface area (Å²) in [4.78, 5) is 213. The minimum atomic E-state index is -1.65. The molecule has 564 valence electrons. The molecular weight excluding hydrogens is 1390 g/mol. The predicted molar refractivity (Wildman–Crippen MR) is 384 cm³/mol. The average molecular weight is 1480 g/mol. The van der Waals surface area contributed by atoms with Crippen LogP contribution in [0.1, 0.15) is 101 Å². The van der Waals surface area contributed by atoms with Crippen molar-refractivity contribution >= 4 is 121 Å². The number of aromatic amines is 2. The molecule has 11 atom stereocenters.